The number of aromatic nitrogens is 1. The number of Topliss-reactive ketones (excluding diaryl/α,β-unsaturated/α-hetero) is 1. The molecule has 1 aliphatic rings. The van der Waals surface area contributed by atoms with Gasteiger partial charge in [-0.3, -0.25) is 9.59 Å². The molecular formula is C25H24Cl2N2O4. The Morgan fingerprint density at radius 3 is 2.52 bits per heavy atom. The lowest BCUT2D eigenvalue weighted by Crippen LogP contribution is -2.30. The second-order valence-corrected chi connectivity index (χ2v) is 8.78. The smallest absolute Gasteiger partial charge is 0.295 e. The minimum atomic E-state index is -0.738. The molecule has 2 heterocycles. The highest BCUT2D eigenvalue weighted by Gasteiger charge is 2.46. The average Bonchev–Trinajstić information content (AvgIpc) is 3.32. The molecule has 172 valence electrons. The molecule has 8 heteroatoms. The molecule has 0 spiro atoms. The van der Waals surface area contributed by atoms with E-state index in [0.717, 1.165) is 35.7 Å². The maximum atomic E-state index is 13.2. The zero-order valence-electron chi connectivity index (χ0n) is 18.3. The number of unbranched alkanes of at least 4 members (excludes halogenated alkanes) is 2. The lowest BCUT2D eigenvalue weighted by molar-refractivity contribution is -0.139. The maximum absolute atomic E-state index is 13.2. The topological polar surface area (TPSA) is 82.6 Å². The molecular weight excluding hydrogens is 463 g/mol. The van der Waals surface area contributed by atoms with E-state index < -0.39 is 17.7 Å². The number of para-hydroxylation sites is 1. The number of hydrogen-bond donors (Lipinski definition) is 2. The van der Waals surface area contributed by atoms with Gasteiger partial charge < -0.3 is 19.7 Å². The van der Waals surface area contributed by atoms with Crippen LogP contribution in [0.1, 0.15) is 43.4 Å². The van der Waals surface area contributed by atoms with Crippen molar-refractivity contribution < 1.29 is 19.4 Å². The summed E-state index contributed by atoms with van der Waals surface area (Å²) in [5.41, 5.74) is 1.87. The van der Waals surface area contributed by atoms with E-state index in [1.165, 1.54) is 19.2 Å². The van der Waals surface area contributed by atoms with E-state index in [-0.39, 0.29) is 32.7 Å². The molecule has 0 radical (unpaired) electrons. The van der Waals surface area contributed by atoms with Gasteiger partial charge in [0.1, 0.15) is 5.76 Å². The highest BCUT2D eigenvalue weighted by atomic mass is 35.5. The number of carbonyl (C=O) groups excluding carboxylic acids is 2. The van der Waals surface area contributed by atoms with Gasteiger partial charge in [-0.05, 0) is 24.6 Å². The number of ether oxygens (including phenoxy) is 1. The molecule has 0 saturated carbocycles. The van der Waals surface area contributed by atoms with E-state index in [4.69, 9.17) is 27.9 Å². The first-order valence-electron chi connectivity index (χ1n) is 10.8. The predicted octanol–water partition coefficient (Wildman–Crippen LogP) is 6.10. The first-order valence-corrected chi connectivity index (χ1v) is 11.5. The number of benzene rings is 2. The molecule has 0 bridgehead atoms. The van der Waals surface area contributed by atoms with Crippen LogP contribution in [0.4, 0.5) is 0 Å². The number of amides is 1. The fourth-order valence-corrected chi connectivity index (χ4v) is 4.97. The molecule has 33 heavy (non-hydrogen) atoms. The van der Waals surface area contributed by atoms with Crippen molar-refractivity contribution >= 4 is 51.6 Å². The van der Waals surface area contributed by atoms with Gasteiger partial charge in [0, 0.05) is 34.8 Å². The van der Waals surface area contributed by atoms with Gasteiger partial charge >= 0.3 is 0 Å². The number of methoxy groups -OCH3 is 1. The number of aliphatic hydroxyl groups excluding tert-OH is 1. The normalized spacial score (nSPS) is 17.8. The highest BCUT2D eigenvalue weighted by molar-refractivity contribution is 6.47. The summed E-state index contributed by atoms with van der Waals surface area (Å²) < 4.78 is 5.18. The number of carbonyl (C=O) groups is 2. The zero-order valence-corrected chi connectivity index (χ0v) is 19.8. The first-order chi connectivity index (χ1) is 15.9. The monoisotopic (exact) mass is 486 g/mol. The Morgan fingerprint density at radius 2 is 1.85 bits per heavy atom. The number of aromatic amines is 1. The number of ketones is 1. The van der Waals surface area contributed by atoms with Crippen LogP contribution in [0.25, 0.3) is 16.7 Å². The second kappa shape index (κ2) is 9.49. The van der Waals surface area contributed by atoms with Crippen LogP contribution in [0.15, 0.2) is 48.2 Å². The number of nitrogens with one attached hydrogen (secondary N) is 1. The standard InChI is InChI=1S/C25H24Cl2N2O4/c1-3-4-7-10-29-21(16-13-28-19-9-6-5-8-15(16)19)20(23(31)25(29)32)22(30)14-11-17(26)24(33-2)18(27)12-14/h5-6,8-9,11-13,21,28,30H,3-4,7,10H2,1-2H3/b22-20+. The van der Waals surface area contributed by atoms with Crippen LogP contribution < -0.4 is 4.74 Å². The van der Waals surface area contributed by atoms with Gasteiger partial charge in [-0.2, -0.15) is 0 Å². The number of fused-ring (bicyclic) bond motifs is 1. The molecule has 2 N–H and O–H groups in total. The molecule has 6 nitrogen and oxygen atoms in total. The zero-order chi connectivity index (χ0) is 23.7. The van der Waals surface area contributed by atoms with Crippen LogP contribution in [0.5, 0.6) is 5.75 Å². The second-order valence-electron chi connectivity index (χ2n) is 7.96. The molecule has 1 amide bonds. The van der Waals surface area contributed by atoms with Gasteiger partial charge in [0.2, 0.25) is 0 Å². The summed E-state index contributed by atoms with van der Waals surface area (Å²) in [7, 11) is 1.44. The number of rotatable bonds is 7. The lowest BCUT2D eigenvalue weighted by Gasteiger charge is -2.25. The van der Waals surface area contributed by atoms with E-state index in [1.54, 1.807) is 11.1 Å². The molecule has 2 aromatic carbocycles. The highest BCUT2D eigenvalue weighted by Crippen LogP contribution is 2.43. The first kappa shape index (κ1) is 23.2. The average molecular weight is 487 g/mol. The van der Waals surface area contributed by atoms with Crippen molar-refractivity contribution in [3.05, 3.63) is 69.3 Å². The summed E-state index contributed by atoms with van der Waals surface area (Å²) in [6.07, 6.45) is 4.44. The molecule has 0 aliphatic carbocycles. The van der Waals surface area contributed by atoms with Gasteiger partial charge in [0.25, 0.3) is 11.7 Å². The number of likely N-dealkylation sites (tertiary alicyclic amines) is 1. The van der Waals surface area contributed by atoms with Crippen molar-refractivity contribution in [3.63, 3.8) is 0 Å². The Balaban J connectivity index is 1.91. The SMILES string of the molecule is CCCCCN1C(=O)C(=O)/C(=C(/O)c2cc(Cl)c(OC)c(Cl)c2)C1c1c[nH]c2ccccc12. The van der Waals surface area contributed by atoms with E-state index in [1.807, 2.05) is 24.3 Å². The van der Waals surface area contributed by atoms with Crippen molar-refractivity contribution in [1.29, 1.82) is 0 Å². The number of H-pyrrole nitrogens is 1. The fraction of sp³-hybridized carbons (Fsp3) is 0.280. The number of nitrogens with zero attached hydrogens (tertiary/aromatic N) is 1. The fourth-order valence-electron chi connectivity index (χ4n) is 4.33. The third kappa shape index (κ3) is 4.09. The summed E-state index contributed by atoms with van der Waals surface area (Å²) in [5, 5.41) is 12.5. The van der Waals surface area contributed by atoms with Gasteiger partial charge in [-0.25, -0.2) is 0 Å². The van der Waals surface area contributed by atoms with Crippen LogP contribution in [0, 0.1) is 0 Å². The van der Waals surface area contributed by atoms with Crippen molar-refractivity contribution in [3.8, 4) is 5.75 Å². The minimum Gasteiger partial charge on any atom is -0.507 e. The van der Waals surface area contributed by atoms with Gasteiger partial charge in [-0.15, -0.1) is 0 Å². The molecule has 1 aliphatic heterocycles. The Labute approximate surface area is 201 Å². The number of halogens is 2. The van der Waals surface area contributed by atoms with Gasteiger partial charge in [-0.1, -0.05) is 61.2 Å². The van der Waals surface area contributed by atoms with Gasteiger partial charge in [0.05, 0.1) is 28.8 Å². The molecule has 4 rings (SSSR count). The Bertz CT molecular complexity index is 1240. The van der Waals surface area contributed by atoms with E-state index in [0.29, 0.717) is 6.54 Å². The lowest BCUT2D eigenvalue weighted by atomic mass is 9.94. The molecule has 1 atom stereocenters. The van der Waals surface area contributed by atoms with Gasteiger partial charge in [0.15, 0.2) is 5.75 Å². The van der Waals surface area contributed by atoms with E-state index in [9.17, 15) is 14.7 Å². The third-order valence-electron chi connectivity index (χ3n) is 5.93. The summed E-state index contributed by atoms with van der Waals surface area (Å²) >= 11 is 12.5. The summed E-state index contributed by atoms with van der Waals surface area (Å²) in [6, 6.07) is 9.85. The third-order valence-corrected chi connectivity index (χ3v) is 6.50. The van der Waals surface area contributed by atoms with E-state index in [2.05, 4.69) is 11.9 Å². The van der Waals surface area contributed by atoms with Crippen LogP contribution in [-0.4, -0.2) is 40.3 Å². The van der Waals surface area contributed by atoms with Crippen molar-refractivity contribution in [2.24, 2.45) is 0 Å². The minimum absolute atomic E-state index is 0.0125. The van der Waals surface area contributed by atoms with Crippen LogP contribution in [0.2, 0.25) is 10.0 Å². The summed E-state index contributed by atoms with van der Waals surface area (Å²) in [5.74, 6) is -1.42. The predicted molar refractivity (Wildman–Crippen MR) is 130 cm³/mol. The van der Waals surface area contributed by atoms with Crippen LogP contribution in [0.3, 0.4) is 0 Å². The molecule has 1 saturated heterocycles. The summed E-state index contributed by atoms with van der Waals surface area (Å²) in [6.45, 7) is 2.48. The molecule has 1 aromatic heterocycles. The Hall–Kier alpha value is -2.96. The van der Waals surface area contributed by atoms with Crippen molar-refractivity contribution in [1.82, 2.24) is 9.88 Å². The summed E-state index contributed by atoms with van der Waals surface area (Å²) in [4.78, 5) is 31.0. The maximum Gasteiger partial charge on any atom is 0.295 e. The molecule has 1 unspecified atom stereocenters. The number of hydrogen-bond acceptors (Lipinski definition) is 4. The quantitative estimate of drug-likeness (QED) is 0.183. The number of aliphatic hydroxyl groups is 1. The molecule has 1 fully saturated rings. The van der Waals surface area contributed by atoms with Crippen molar-refractivity contribution in [2.45, 2.75) is 32.2 Å². The largest absolute Gasteiger partial charge is 0.507 e. The Kier molecular flexibility index (Phi) is 6.68. The Morgan fingerprint density at radius 1 is 1.15 bits per heavy atom. The van der Waals surface area contributed by atoms with Crippen LogP contribution >= 0.6 is 23.2 Å². The van der Waals surface area contributed by atoms with Crippen LogP contribution in [-0.2, 0) is 9.59 Å². The molecule has 3 aromatic rings. The van der Waals surface area contributed by atoms with E-state index >= 15 is 0 Å². The van der Waals surface area contributed by atoms with Crippen molar-refractivity contribution in [2.75, 3.05) is 13.7 Å².